The number of anilines is 1. The lowest BCUT2D eigenvalue weighted by molar-refractivity contribution is -0.120. The van der Waals surface area contributed by atoms with Crippen LogP contribution >= 0.6 is 0 Å². The number of hydrogen-bond donors (Lipinski definition) is 3. The van der Waals surface area contributed by atoms with Crippen LogP contribution in [0.1, 0.15) is 38.1 Å². The van der Waals surface area contributed by atoms with Crippen molar-refractivity contribution in [2.75, 3.05) is 11.9 Å². The minimum absolute atomic E-state index is 0.0446. The van der Waals surface area contributed by atoms with E-state index in [9.17, 15) is 23.5 Å². The number of ether oxygens (including phenoxy) is 1. The molecule has 1 aromatic carbocycles. The van der Waals surface area contributed by atoms with Crippen LogP contribution in [0, 0.1) is 17.6 Å². The van der Waals surface area contributed by atoms with Gasteiger partial charge >= 0.3 is 0 Å². The first kappa shape index (κ1) is 25.5. The van der Waals surface area contributed by atoms with Gasteiger partial charge in [0, 0.05) is 18.3 Å². The van der Waals surface area contributed by atoms with Crippen molar-refractivity contribution in [3.05, 3.63) is 64.7 Å². The maximum absolute atomic E-state index is 13.9. The van der Waals surface area contributed by atoms with Crippen molar-refractivity contribution >= 4 is 11.7 Å². The van der Waals surface area contributed by atoms with E-state index in [0.717, 1.165) is 54.8 Å². The molecule has 0 aliphatic heterocycles. The number of carbonyl (C=O) groups excluding carboxylic acids is 1. The van der Waals surface area contributed by atoms with Crippen LogP contribution in [0.2, 0.25) is 0 Å². The van der Waals surface area contributed by atoms with Crippen LogP contribution in [0.25, 0.3) is 0 Å². The molecule has 0 saturated heterocycles. The molecule has 2 unspecified atom stereocenters. The van der Waals surface area contributed by atoms with Crippen molar-refractivity contribution < 1.29 is 28.5 Å². The maximum atomic E-state index is 13.9. The van der Waals surface area contributed by atoms with E-state index in [4.69, 9.17) is 9.84 Å². The molecule has 192 valence electrons. The van der Waals surface area contributed by atoms with Gasteiger partial charge in [-0.3, -0.25) is 14.3 Å². The first-order chi connectivity index (χ1) is 17.3. The zero-order valence-corrected chi connectivity index (χ0v) is 19.4. The number of halogens is 2. The molecule has 1 amide bonds. The number of benzene rings is 1. The first-order valence-electron chi connectivity index (χ1n) is 11.7. The molecule has 0 bridgehead atoms. The van der Waals surface area contributed by atoms with Crippen molar-refractivity contribution in [3.8, 4) is 11.5 Å². The molecule has 2 atom stereocenters. The normalized spacial score (nSPS) is 15.6. The summed E-state index contributed by atoms with van der Waals surface area (Å²) in [6, 6.07) is 4.86. The smallest absolute Gasteiger partial charge is 0.271 e. The minimum atomic E-state index is -0.995. The Labute approximate surface area is 205 Å². The number of para-hydroxylation sites is 1. The van der Waals surface area contributed by atoms with E-state index in [1.165, 1.54) is 16.8 Å². The van der Waals surface area contributed by atoms with Crippen molar-refractivity contribution in [2.45, 2.75) is 50.8 Å². The van der Waals surface area contributed by atoms with Crippen LogP contribution in [0.3, 0.4) is 0 Å². The summed E-state index contributed by atoms with van der Waals surface area (Å²) in [5.74, 6) is -2.73. The van der Waals surface area contributed by atoms with Crippen molar-refractivity contribution in [1.82, 2.24) is 19.6 Å². The Balaban J connectivity index is 1.55. The summed E-state index contributed by atoms with van der Waals surface area (Å²) in [6.07, 6.45) is 6.00. The largest absolute Gasteiger partial charge is 0.449 e. The van der Waals surface area contributed by atoms with E-state index in [1.54, 1.807) is 6.20 Å². The van der Waals surface area contributed by atoms with Crippen molar-refractivity contribution in [1.29, 1.82) is 0 Å². The maximum Gasteiger partial charge on any atom is 0.271 e. The predicted molar refractivity (Wildman–Crippen MR) is 124 cm³/mol. The molecule has 2 aromatic heterocycles. The van der Waals surface area contributed by atoms with Crippen LogP contribution in [0.15, 0.2) is 47.5 Å². The van der Waals surface area contributed by atoms with E-state index < -0.39 is 47.6 Å². The van der Waals surface area contributed by atoms with Gasteiger partial charge in [0.05, 0.1) is 25.5 Å². The summed E-state index contributed by atoms with van der Waals surface area (Å²) < 4.78 is 35.5. The van der Waals surface area contributed by atoms with E-state index in [1.807, 2.05) is 0 Å². The topological polar surface area (TPSA) is 132 Å². The number of aliphatic hydroxyl groups excluding tert-OH is 2. The highest BCUT2D eigenvalue weighted by atomic mass is 19.1. The van der Waals surface area contributed by atoms with Gasteiger partial charge in [0.1, 0.15) is 6.04 Å². The third-order valence-corrected chi connectivity index (χ3v) is 6.07. The number of aromatic nitrogens is 4. The van der Waals surface area contributed by atoms with Gasteiger partial charge in [-0.1, -0.05) is 31.7 Å². The molecule has 0 spiro atoms. The molecule has 1 fully saturated rings. The standard InChI is InChI=1S/C24H27F2N5O5/c25-18-6-3-7-19(26)23(18)36-17-11-22(34)31(27-12-17)20(10-15-4-1-2-5-15)24(35)28-21-8-9-30(29-21)13-16(33)14-32/h3,6-9,11-12,15-16,20,32-33H,1-2,4-5,10,13-14H2,(H,28,29,35). The molecular weight excluding hydrogens is 476 g/mol. The summed E-state index contributed by atoms with van der Waals surface area (Å²) in [5, 5.41) is 29.5. The zero-order valence-electron chi connectivity index (χ0n) is 19.4. The quantitative estimate of drug-likeness (QED) is 0.388. The molecule has 1 aliphatic rings. The Morgan fingerprint density at radius 2 is 1.94 bits per heavy atom. The monoisotopic (exact) mass is 503 g/mol. The average molecular weight is 504 g/mol. The number of nitrogens with zero attached hydrogens (tertiary/aromatic N) is 4. The van der Waals surface area contributed by atoms with Gasteiger partial charge in [0.25, 0.3) is 11.5 Å². The van der Waals surface area contributed by atoms with E-state index in [0.29, 0.717) is 6.42 Å². The lowest BCUT2D eigenvalue weighted by atomic mass is 9.98. The number of nitrogens with one attached hydrogen (secondary N) is 1. The summed E-state index contributed by atoms with van der Waals surface area (Å²) in [5.41, 5.74) is -0.668. The van der Waals surface area contributed by atoms with Gasteiger partial charge < -0.3 is 20.3 Å². The predicted octanol–water partition coefficient (Wildman–Crippen LogP) is 2.62. The molecule has 36 heavy (non-hydrogen) atoms. The highest BCUT2D eigenvalue weighted by Gasteiger charge is 2.29. The van der Waals surface area contributed by atoms with Gasteiger partial charge in [-0.05, 0) is 24.5 Å². The van der Waals surface area contributed by atoms with E-state index in [2.05, 4.69) is 15.5 Å². The van der Waals surface area contributed by atoms with E-state index >= 15 is 0 Å². The van der Waals surface area contributed by atoms with Gasteiger partial charge in [-0.15, -0.1) is 0 Å². The van der Waals surface area contributed by atoms with Gasteiger partial charge in [-0.25, -0.2) is 13.5 Å². The summed E-state index contributed by atoms with van der Waals surface area (Å²) in [7, 11) is 0. The number of amides is 1. The van der Waals surface area contributed by atoms with Crippen LogP contribution in [0.5, 0.6) is 11.5 Å². The lowest BCUT2D eigenvalue weighted by Gasteiger charge is -2.21. The Morgan fingerprint density at radius 1 is 1.22 bits per heavy atom. The molecule has 0 radical (unpaired) electrons. The number of aliphatic hydroxyl groups is 2. The Morgan fingerprint density at radius 3 is 2.61 bits per heavy atom. The molecule has 1 saturated carbocycles. The minimum Gasteiger partial charge on any atom is -0.449 e. The zero-order chi connectivity index (χ0) is 25.7. The van der Waals surface area contributed by atoms with Crippen LogP contribution in [-0.4, -0.2) is 48.4 Å². The Hall–Kier alpha value is -3.64. The molecule has 3 aromatic rings. The number of carbonyl (C=O) groups is 1. The highest BCUT2D eigenvalue weighted by molar-refractivity contribution is 5.92. The summed E-state index contributed by atoms with van der Waals surface area (Å²) in [4.78, 5) is 26.1. The second-order valence-corrected chi connectivity index (χ2v) is 8.78. The molecule has 1 aliphatic carbocycles. The lowest BCUT2D eigenvalue weighted by Crippen LogP contribution is -2.36. The molecule has 12 heteroatoms. The third kappa shape index (κ3) is 6.13. The van der Waals surface area contributed by atoms with Crippen LogP contribution in [-0.2, 0) is 11.3 Å². The third-order valence-electron chi connectivity index (χ3n) is 6.07. The molecule has 10 nitrogen and oxygen atoms in total. The summed E-state index contributed by atoms with van der Waals surface area (Å²) in [6.45, 7) is -0.383. The molecule has 3 N–H and O–H groups in total. The van der Waals surface area contributed by atoms with Crippen molar-refractivity contribution in [2.24, 2.45) is 5.92 Å². The Kier molecular flexibility index (Phi) is 8.06. The summed E-state index contributed by atoms with van der Waals surface area (Å²) >= 11 is 0. The van der Waals surface area contributed by atoms with E-state index in [-0.39, 0.29) is 24.0 Å². The van der Waals surface area contributed by atoms with Gasteiger partial charge in [0.2, 0.25) is 0 Å². The fourth-order valence-corrected chi connectivity index (χ4v) is 4.28. The Bertz CT molecular complexity index is 1240. The highest BCUT2D eigenvalue weighted by Crippen LogP contribution is 2.32. The molecular formula is C24H27F2N5O5. The van der Waals surface area contributed by atoms with Gasteiger partial charge in [-0.2, -0.15) is 10.2 Å². The SMILES string of the molecule is O=C(Nc1ccn(CC(O)CO)n1)C(CC1CCCC1)n1ncc(Oc2c(F)cccc2F)cc1=O. The average Bonchev–Trinajstić information content (AvgIpc) is 3.52. The fraction of sp³-hybridized carbons (Fsp3) is 0.417. The van der Waals surface area contributed by atoms with Gasteiger partial charge in [0.15, 0.2) is 29.0 Å². The molecule has 4 rings (SSSR count). The van der Waals surface area contributed by atoms with Crippen LogP contribution in [0.4, 0.5) is 14.6 Å². The number of hydrogen-bond acceptors (Lipinski definition) is 7. The molecule has 2 heterocycles. The number of rotatable bonds is 10. The van der Waals surface area contributed by atoms with Crippen molar-refractivity contribution in [3.63, 3.8) is 0 Å². The second kappa shape index (κ2) is 11.4. The fourth-order valence-electron chi connectivity index (χ4n) is 4.28. The van der Waals surface area contributed by atoms with Crippen LogP contribution < -0.4 is 15.6 Å². The second-order valence-electron chi connectivity index (χ2n) is 8.78. The first-order valence-corrected chi connectivity index (χ1v) is 11.7.